The summed E-state index contributed by atoms with van der Waals surface area (Å²) < 4.78 is 42.7. The van der Waals surface area contributed by atoms with E-state index in [-0.39, 0.29) is 28.6 Å². The number of hydrogen-bond acceptors (Lipinski definition) is 10. The van der Waals surface area contributed by atoms with Crippen LogP contribution in [-0.4, -0.2) is 41.4 Å². The first-order valence-electron chi connectivity index (χ1n) is 10.5. The van der Waals surface area contributed by atoms with Gasteiger partial charge >= 0.3 is 6.18 Å². The summed E-state index contributed by atoms with van der Waals surface area (Å²) in [7, 11) is 0. The van der Waals surface area contributed by atoms with Crippen molar-refractivity contribution in [1.82, 2.24) is 20.8 Å². The lowest BCUT2D eigenvalue weighted by Gasteiger charge is -2.25. The fourth-order valence-corrected chi connectivity index (χ4v) is 3.93. The molecule has 4 heterocycles. The zero-order valence-corrected chi connectivity index (χ0v) is 18.3. The highest BCUT2D eigenvalue weighted by Gasteiger charge is 2.46. The van der Waals surface area contributed by atoms with Crippen molar-refractivity contribution in [3.63, 3.8) is 0 Å². The molecule has 0 fully saturated rings. The fraction of sp³-hybridized carbons (Fsp3) is 0.136. The number of halogens is 3. The number of nitrogens with two attached hydrogens (primary N) is 1. The highest BCUT2D eigenvalue weighted by atomic mass is 19.4. The van der Waals surface area contributed by atoms with Crippen LogP contribution in [0.3, 0.4) is 0 Å². The van der Waals surface area contributed by atoms with Gasteiger partial charge in [0.15, 0.2) is 5.82 Å². The summed E-state index contributed by atoms with van der Waals surface area (Å²) in [4.78, 5) is 21.1. The normalized spacial score (nSPS) is 15.6. The van der Waals surface area contributed by atoms with Gasteiger partial charge in [-0.15, -0.1) is 0 Å². The van der Waals surface area contributed by atoms with Crippen molar-refractivity contribution in [2.75, 3.05) is 34.3 Å². The van der Waals surface area contributed by atoms with Gasteiger partial charge in [0.1, 0.15) is 23.1 Å². The van der Waals surface area contributed by atoms with E-state index in [1.54, 1.807) is 30.5 Å². The molecule has 14 heteroatoms. The number of anilines is 4. The van der Waals surface area contributed by atoms with E-state index in [4.69, 9.17) is 5.73 Å². The molecule has 0 radical (unpaired) electrons. The summed E-state index contributed by atoms with van der Waals surface area (Å²) in [6, 6.07) is 9.87. The molecule has 0 bridgehead atoms. The molecule has 5 N–H and O–H groups in total. The first kappa shape index (κ1) is 23.0. The van der Waals surface area contributed by atoms with Crippen LogP contribution in [0.25, 0.3) is 10.8 Å². The number of carbonyl (C=O) groups is 1. The summed E-state index contributed by atoms with van der Waals surface area (Å²) in [6.07, 6.45) is -0.858. The number of fused-ring (bicyclic) bond motifs is 1. The van der Waals surface area contributed by atoms with Crippen LogP contribution >= 0.6 is 0 Å². The number of carbonyl (C=O) groups excluding carboxylic acids is 1. The summed E-state index contributed by atoms with van der Waals surface area (Å²) in [5.41, 5.74) is 9.85. The van der Waals surface area contributed by atoms with Crippen molar-refractivity contribution >= 4 is 45.9 Å². The molecular formula is C22H17F3N10O. The van der Waals surface area contributed by atoms with Gasteiger partial charge in [0, 0.05) is 23.5 Å². The lowest BCUT2D eigenvalue weighted by atomic mass is 10.1. The zero-order valence-electron chi connectivity index (χ0n) is 18.3. The SMILES string of the molecule is N#Cc1cc(NC(=O)C2=C(C(F)(F)F)N(c3cnc(N)c4ccccc34)NC2)cnc1N1N=CCN1. The van der Waals surface area contributed by atoms with Gasteiger partial charge in [-0.2, -0.15) is 28.7 Å². The molecule has 182 valence electrons. The predicted octanol–water partition coefficient (Wildman–Crippen LogP) is 2.17. The second kappa shape index (κ2) is 8.80. The van der Waals surface area contributed by atoms with Crippen molar-refractivity contribution in [1.29, 1.82) is 5.26 Å². The number of hydrazine groups is 2. The van der Waals surface area contributed by atoms with E-state index in [0.717, 1.165) is 5.01 Å². The molecule has 0 atom stereocenters. The standard InChI is InChI=1S/C22H17F3N10O/c23-22(24,25)18-16(10-32-34(18)17-11-28-19(27)15-4-2-1-3-14(15)17)21(36)33-13-7-12(8-26)20(29-9-13)35-30-5-6-31-35/h1-5,7,9,11,31-32H,6,10H2,(H2,27,28)(H,33,36). The Morgan fingerprint density at radius 3 is 2.64 bits per heavy atom. The molecule has 3 aromatic rings. The molecule has 2 aliphatic heterocycles. The summed E-state index contributed by atoms with van der Waals surface area (Å²) in [5.74, 6) is -0.639. The van der Waals surface area contributed by atoms with Gasteiger partial charge in [-0.3, -0.25) is 9.80 Å². The highest BCUT2D eigenvalue weighted by Crippen LogP contribution is 2.39. The minimum atomic E-state index is -4.88. The Morgan fingerprint density at radius 2 is 1.94 bits per heavy atom. The molecule has 36 heavy (non-hydrogen) atoms. The van der Waals surface area contributed by atoms with Crippen molar-refractivity contribution in [2.24, 2.45) is 5.10 Å². The first-order valence-corrected chi connectivity index (χ1v) is 10.5. The Hall–Kier alpha value is -4.74. The number of benzene rings is 1. The molecule has 0 spiro atoms. The summed E-state index contributed by atoms with van der Waals surface area (Å²) in [5, 5.41) is 18.9. The number of nitriles is 1. The Bertz CT molecular complexity index is 1480. The third-order valence-electron chi connectivity index (χ3n) is 5.49. The molecule has 1 amide bonds. The minimum Gasteiger partial charge on any atom is -0.383 e. The smallest absolute Gasteiger partial charge is 0.383 e. The van der Waals surface area contributed by atoms with Gasteiger partial charge in [-0.25, -0.2) is 20.8 Å². The number of nitrogen functional groups attached to an aromatic ring is 1. The number of hydrogen-bond donors (Lipinski definition) is 4. The monoisotopic (exact) mass is 494 g/mol. The number of hydrazone groups is 1. The lowest BCUT2D eigenvalue weighted by Crippen LogP contribution is -2.37. The van der Waals surface area contributed by atoms with E-state index in [2.05, 4.69) is 31.2 Å². The van der Waals surface area contributed by atoms with E-state index in [1.165, 1.54) is 23.6 Å². The Labute approximate surface area is 201 Å². The summed E-state index contributed by atoms with van der Waals surface area (Å²) >= 11 is 0. The molecular weight excluding hydrogens is 477 g/mol. The van der Waals surface area contributed by atoms with Crippen molar-refractivity contribution in [2.45, 2.75) is 6.18 Å². The molecule has 0 saturated carbocycles. The third kappa shape index (κ3) is 4.02. The van der Waals surface area contributed by atoms with Crippen LogP contribution in [0.15, 0.2) is 59.1 Å². The molecule has 1 aromatic carbocycles. The number of amides is 1. The predicted molar refractivity (Wildman–Crippen MR) is 126 cm³/mol. The Morgan fingerprint density at radius 1 is 1.17 bits per heavy atom. The number of nitrogens with one attached hydrogen (secondary N) is 3. The van der Waals surface area contributed by atoms with Gasteiger partial charge in [-0.05, 0) is 6.07 Å². The maximum Gasteiger partial charge on any atom is 0.433 e. The molecule has 2 aromatic heterocycles. The van der Waals surface area contributed by atoms with Crippen LogP contribution in [-0.2, 0) is 4.79 Å². The quantitative estimate of drug-likeness (QED) is 0.428. The molecule has 0 unspecified atom stereocenters. The number of nitrogens with zero attached hydrogens (tertiary/aromatic N) is 6. The van der Waals surface area contributed by atoms with E-state index >= 15 is 0 Å². The van der Waals surface area contributed by atoms with E-state index in [0.29, 0.717) is 17.3 Å². The van der Waals surface area contributed by atoms with Gasteiger partial charge in [0.05, 0.1) is 35.9 Å². The van der Waals surface area contributed by atoms with Crippen molar-refractivity contribution in [3.8, 4) is 6.07 Å². The number of allylic oxidation sites excluding steroid dienone is 1. The van der Waals surface area contributed by atoms with Gasteiger partial charge in [0.25, 0.3) is 5.91 Å². The van der Waals surface area contributed by atoms with Crippen molar-refractivity contribution in [3.05, 3.63) is 59.6 Å². The molecule has 2 aliphatic rings. The van der Waals surface area contributed by atoms with Crippen LogP contribution in [0.4, 0.5) is 36.2 Å². The van der Waals surface area contributed by atoms with Gasteiger partial charge in [0.2, 0.25) is 0 Å². The minimum absolute atomic E-state index is 0.0514. The third-order valence-corrected chi connectivity index (χ3v) is 5.49. The lowest BCUT2D eigenvalue weighted by molar-refractivity contribution is -0.114. The second-order valence-corrected chi connectivity index (χ2v) is 7.70. The van der Waals surface area contributed by atoms with E-state index in [1.807, 2.05) is 6.07 Å². The average molecular weight is 494 g/mol. The molecule has 11 nitrogen and oxygen atoms in total. The van der Waals surface area contributed by atoms with Gasteiger partial charge in [-0.1, -0.05) is 24.3 Å². The average Bonchev–Trinajstić information content (AvgIpc) is 3.55. The second-order valence-electron chi connectivity index (χ2n) is 7.70. The van der Waals surface area contributed by atoms with Crippen LogP contribution < -0.4 is 32.0 Å². The largest absolute Gasteiger partial charge is 0.433 e. The number of alkyl halides is 3. The Kier molecular flexibility index (Phi) is 5.63. The maximum absolute atomic E-state index is 14.2. The number of aromatic nitrogens is 2. The molecule has 0 saturated heterocycles. The van der Waals surface area contributed by atoms with Crippen LogP contribution in [0.1, 0.15) is 5.56 Å². The van der Waals surface area contributed by atoms with E-state index in [9.17, 15) is 23.2 Å². The van der Waals surface area contributed by atoms with Crippen molar-refractivity contribution < 1.29 is 18.0 Å². The van der Waals surface area contributed by atoms with Crippen LogP contribution in [0, 0.1) is 11.3 Å². The zero-order chi connectivity index (χ0) is 25.4. The summed E-state index contributed by atoms with van der Waals surface area (Å²) in [6.45, 7) is 0.0458. The molecule has 5 rings (SSSR count). The van der Waals surface area contributed by atoms with E-state index < -0.39 is 29.9 Å². The molecule has 0 aliphatic carbocycles. The number of rotatable bonds is 4. The topological polar surface area (TPSA) is 148 Å². The fourth-order valence-electron chi connectivity index (χ4n) is 3.93. The number of pyridine rings is 2. The first-order chi connectivity index (χ1) is 17.3. The van der Waals surface area contributed by atoms with Gasteiger partial charge < -0.3 is 11.1 Å². The maximum atomic E-state index is 14.2. The highest BCUT2D eigenvalue weighted by molar-refractivity contribution is 6.07. The van der Waals surface area contributed by atoms with Crippen LogP contribution in [0.2, 0.25) is 0 Å². The Balaban J connectivity index is 1.50. The van der Waals surface area contributed by atoms with Crippen LogP contribution in [0.5, 0.6) is 0 Å².